The molecule has 6 N–H and O–H groups in total. The summed E-state index contributed by atoms with van der Waals surface area (Å²) in [6, 6.07) is 9.77. The maximum Gasteiger partial charge on any atom is 0.166 e. The molecule has 0 saturated heterocycles. The van der Waals surface area contributed by atoms with Gasteiger partial charge in [-0.25, -0.2) is 4.99 Å². The Morgan fingerprint density at radius 3 is 2.94 bits per heavy atom. The molecule has 3 unspecified atom stereocenters. The van der Waals surface area contributed by atoms with Crippen LogP contribution in [0.4, 0.5) is 5.69 Å². The molecule has 0 spiro atoms. The van der Waals surface area contributed by atoms with Gasteiger partial charge in [0.25, 0.3) is 0 Å². The Labute approximate surface area is 204 Å². The number of aryl methyl sites for hydroxylation is 1. The highest BCUT2D eigenvalue weighted by molar-refractivity contribution is 5.90. The van der Waals surface area contributed by atoms with Gasteiger partial charge in [0.05, 0.1) is 28.2 Å². The van der Waals surface area contributed by atoms with E-state index in [4.69, 9.17) is 10.5 Å². The summed E-state index contributed by atoms with van der Waals surface area (Å²) in [5.74, 6) is 2.00. The van der Waals surface area contributed by atoms with Gasteiger partial charge >= 0.3 is 0 Å². The van der Waals surface area contributed by atoms with Crippen molar-refractivity contribution in [2.75, 3.05) is 13.1 Å². The molecule has 2 heterocycles. The van der Waals surface area contributed by atoms with Crippen LogP contribution in [0.15, 0.2) is 35.3 Å². The minimum absolute atomic E-state index is 0.153. The van der Waals surface area contributed by atoms with Crippen LogP contribution in [0.2, 0.25) is 0 Å². The normalized spacial score (nSPS) is 28.6. The number of nitrogens with two attached hydrogens (primary N) is 1. The van der Waals surface area contributed by atoms with Crippen LogP contribution in [0.1, 0.15) is 61.1 Å². The number of fused-ring (bicyclic) bond motifs is 4. The number of hydrogen-bond donors (Lipinski definition) is 5. The van der Waals surface area contributed by atoms with E-state index in [1.807, 2.05) is 24.3 Å². The van der Waals surface area contributed by atoms with E-state index in [1.165, 1.54) is 18.4 Å². The molecule has 7 nitrogen and oxygen atoms in total. The number of aliphatic hydroxyl groups is 1. The zero-order valence-electron chi connectivity index (χ0n) is 20.0. The van der Waals surface area contributed by atoms with Gasteiger partial charge in [0, 0.05) is 22.9 Å². The second-order valence-corrected chi connectivity index (χ2v) is 11.0. The summed E-state index contributed by atoms with van der Waals surface area (Å²) in [6.07, 6.45) is 4.95. The van der Waals surface area contributed by atoms with E-state index >= 15 is 0 Å². The second kappa shape index (κ2) is 7.24. The highest BCUT2D eigenvalue weighted by Gasteiger charge is 2.67. The fraction of sp³-hybridized carbons (Fsp3) is 0.464. The average Bonchev–Trinajstić information content (AvgIpc) is 3.48. The van der Waals surface area contributed by atoms with Gasteiger partial charge in [-0.2, -0.15) is 0 Å². The van der Waals surface area contributed by atoms with Gasteiger partial charge in [-0.3, -0.25) is 0 Å². The number of ether oxygens (including phenoxy) is 1. The number of aromatic amines is 1. The number of hydrogen-bond acceptors (Lipinski definition) is 5. The first kappa shape index (κ1) is 21.3. The van der Waals surface area contributed by atoms with Crippen molar-refractivity contribution >= 4 is 22.4 Å². The first-order chi connectivity index (χ1) is 16.9. The van der Waals surface area contributed by atoms with E-state index in [0.717, 1.165) is 65.3 Å². The van der Waals surface area contributed by atoms with Gasteiger partial charge in [0.15, 0.2) is 17.6 Å². The molecule has 1 aliphatic heterocycles. The second-order valence-electron chi connectivity index (χ2n) is 11.0. The number of benzene rings is 2. The first-order valence-corrected chi connectivity index (χ1v) is 12.8. The predicted octanol–water partition coefficient (Wildman–Crippen LogP) is 3.88. The summed E-state index contributed by atoms with van der Waals surface area (Å²) in [5.41, 5.74) is 10.3. The topological polar surface area (TPSA) is 116 Å². The third kappa shape index (κ3) is 2.94. The zero-order chi connectivity index (χ0) is 23.9. The minimum atomic E-state index is -0.976. The van der Waals surface area contributed by atoms with Crippen LogP contribution in [0.5, 0.6) is 11.5 Å². The lowest BCUT2D eigenvalue weighted by Gasteiger charge is -2.53. The number of aliphatic imine (C=N–C) groups is 1. The van der Waals surface area contributed by atoms with E-state index in [2.05, 4.69) is 15.3 Å². The fourth-order valence-corrected chi connectivity index (χ4v) is 7.01. The van der Waals surface area contributed by atoms with Crippen molar-refractivity contribution in [3.05, 3.63) is 52.7 Å². The largest absolute Gasteiger partial charge is 0.504 e. The number of aromatic hydroxyl groups is 1. The summed E-state index contributed by atoms with van der Waals surface area (Å²) < 4.78 is 6.63. The Hall–Kier alpha value is -3.03. The van der Waals surface area contributed by atoms with Gasteiger partial charge in [-0.15, -0.1) is 0 Å². The van der Waals surface area contributed by atoms with Crippen LogP contribution in [-0.4, -0.2) is 39.7 Å². The van der Waals surface area contributed by atoms with Crippen molar-refractivity contribution in [3.8, 4) is 11.5 Å². The van der Waals surface area contributed by atoms with Crippen LogP contribution in [-0.2, 0) is 18.3 Å². The van der Waals surface area contributed by atoms with Crippen LogP contribution in [0.3, 0.4) is 0 Å². The third-order valence-electron chi connectivity index (χ3n) is 8.78. The molecule has 3 aromatic rings. The lowest BCUT2D eigenvalue weighted by Crippen LogP contribution is -2.61. The molecule has 7 rings (SSSR count). The monoisotopic (exact) mass is 472 g/mol. The minimum Gasteiger partial charge on any atom is -0.504 e. The van der Waals surface area contributed by atoms with Gasteiger partial charge in [-0.1, -0.05) is 6.07 Å². The van der Waals surface area contributed by atoms with Crippen LogP contribution in [0.25, 0.3) is 10.9 Å². The zero-order valence-corrected chi connectivity index (χ0v) is 20.0. The van der Waals surface area contributed by atoms with E-state index in [1.54, 1.807) is 13.0 Å². The number of nitrogens with one attached hydrogen (secondary N) is 2. The molecule has 4 aliphatic rings. The van der Waals surface area contributed by atoms with E-state index in [9.17, 15) is 10.2 Å². The molecule has 1 aromatic heterocycles. The van der Waals surface area contributed by atoms with Crippen molar-refractivity contribution in [2.45, 2.75) is 62.6 Å². The lowest BCUT2D eigenvalue weighted by atomic mass is 9.52. The van der Waals surface area contributed by atoms with Crippen LogP contribution < -0.4 is 15.8 Å². The highest BCUT2D eigenvalue weighted by Crippen LogP contribution is 2.67. The Kier molecular flexibility index (Phi) is 4.40. The van der Waals surface area contributed by atoms with Crippen LogP contribution in [0, 0.1) is 5.92 Å². The number of H-pyrrole nitrogens is 1. The highest BCUT2D eigenvalue weighted by atomic mass is 16.5. The van der Waals surface area contributed by atoms with Gasteiger partial charge < -0.3 is 31.0 Å². The maximum absolute atomic E-state index is 12.5. The van der Waals surface area contributed by atoms with E-state index < -0.39 is 17.1 Å². The molecule has 1 fully saturated rings. The standard InChI is InChI=1S/C28H32N4O3/c1-15(29)31-18-5-6-21-19(12-18)20-13-27(34)9-8-17-4-7-22(33)25-23(17)28(27,26(35-25)24(20)32-21)10-11-30-14-16-2-3-16/h4-7,12,16,26,30,32-34H,2-3,8-11,13-14H2,1H3,(H2,29,31). The lowest BCUT2D eigenvalue weighted by molar-refractivity contribution is -0.0997. The third-order valence-corrected chi connectivity index (χ3v) is 8.78. The van der Waals surface area contributed by atoms with Crippen molar-refractivity contribution in [1.82, 2.24) is 10.3 Å². The molecular weight excluding hydrogens is 440 g/mol. The van der Waals surface area contributed by atoms with Gasteiger partial charge in [-0.05, 0) is 93.4 Å². The van der Waals surface area contributed by atoms with Gasteiger partial charge in [0.1, 0.15) is 0 Å². The molecule has 0 radical (unpaired) electrons. The average molecular weight is 473 g/mol. The smallest absolute Gasteiger partial charge is 0.166 e. The van der Waals surface area contributed by atoms with Gasteiger partial charge in [0.2, 0.25) is 0 Å². The molecule has 182 valence electrons. The van der Waals surface area contributed by atoms with Crippen molar-refractivity contribution in [1.29, 1.82) is 0 Å². The molecule has 3 aliphatic carbocycles. The molecule has 0 bridgehead atoms. The first-order valence-electron chi connectivity index (χ1n) is 12.8. The molecule has 2 aromatic carbocycles. The maximum atomic E-state index is 12.5. The fourth-order valence-electron chi connectivity index (χ4n) is 7.01. The van der Waals surface area contributed by atoms with Crippen molar-refractivity contribution in [2.24, 2.45) is 16.6 Å². The number of phenols is 1. The SMILES string of the molecule is C/C(N)=N/c1ccc2[nH]c3c(c2c1)CC1(O)CCc2ccc(O)c4c2C1(CCNCC1CC1)C3O4. The molecule has 3 atom stereocenters. The summed E-state index contributed by atoms with van der Waals surface area (Å²) in [5, 5.41) is 28.0. The summed E-state index contributed by atoms with van der Waals surface area (Å²) >= 11 is 0. The summed E-state index contributed by atoms with van der Waals surface area (Å²) in [7, 11) is 0. The summed E-state index contributed by atoms with van der Waals surface area (Å²) in [6.45, 7) is 3.61. The molecule has 1 saturated carbocycles. The Morgan fingerprint density at radius 2 is 2.14 bits per heavy atom. The summed E-state index contributed by atoms with van der Waals surface area (Å²) in [4.78, 5) is 8.07. The van der Waals surface area contributed by atoms with E-state index in [-0.39, 0.29) is 5.75 Å². The molecular formula is C28H32N4O3. The Bertz CT molecular complexity index is 1390. The Balaban J connectivity index is 1.40. The number of phenolic OH excluding ortho intramolecular Hbond substituents is 1. The number of nitrogens with zero attached hydrogens (tertiary/aromatic N) is 1. The quantitative estimate of drug-likeness (QED) is 0.212. The number of rotatable bonds is 6. The van der Waals surface area contributed by atoms with E-state index in [0.29, 0.717) is 24.4 Å². The molecule has 0 amide bonds. The van der Waals surface area contributed by atoms with Crippen LogP contribution >= 0.6 is 0 Å². The predicted molar refractivity (Wildman–Crippen MR) is 136 cm³/mol. The number of aromatic nitrogens is 1. The number of amidine groups is 1. The Morgan fingerprint density at radius 1 is 1.29 bits per heavy atom. The van der Waals surface area contributed by atoms with Crippen molar-refractivity contribution < 1.29 is 14.9 Å². The molecule has 7 heteroatoms. The van der Waals surface area contributed by atoms with Crippen molar-refractivity contribution in [3.63, 3.8) is 0 Å². The molecule has 35 heavy (non-hydrogen) atoms.